The average molecular weight is 555 g/mol. The number of methoxy groups -OCH3 is 3. The van der Waals surface area contributed by atoms with Gasteiger partial charge in [0.05, 0.1) is 60.2 Å². The zero-order chi connectivity index (χ0) is 29.6. The van der Waals surface area contributed by atoms with E-state index in [1.807, 2.05) is 6.92 Å². The maximum absolute atomic E-state index is 14.0. The van der Waals surface area contributed by atoms with E-state index in [1.165, 1.54) is 31.1 Å². The van der Waals surface area contributed by atoms with Crippen LogP contribution in [0.25, 0.3) is 5.76 Å². The molecule has 1 saturated heterocycles. The molecule has 0 bridgehead atoms. The third-order valence-electron chi connectivity index (χ3n) is 7.25. The number of benzene rings is 2. The number of carbonyl (C=O) groups excluding carboxylic acids is 2. The topological polar surface area (TPSA) is 102 Å². The lowest BCUT2D eigenvalue weighted by atomic mass is 9.94. The van der Waals surface area contributed by atoms with Gasteiger partial charge in [0.25, 0.3) is 5.91 Å². The summed E-state index contributed by atoms with van der Waals surface area (Å²) in [5.41, 5.74) is 1.53. The number of carbonyl (C=O) groups is 2. The van der Waals surface area contributed by atoms with Gasteiger partial charge in [-0.15, -0.1) is 0 Å². The van der Waals surface area contributed by atoms with Crippen LogP contribution in [0.3, 0.4) is 0 Å². The number of Topliss-reactive ketones (excluding diaryl/α,β-unsaturated/α-hetero) is 1. The number of ketones is 1. The number of amides is 1. The fourth-order valence-electron chi connectivity index (χ4n) is 4.95. The van der Waals surface area contributed by atoms with Crippen molar-refractivity contribution in [3.63, 3.8) is 0 Å². The first-order valence-corrected chi connectivity index (χ1v) is 13.7. The monoisotopic (exact) mass is 554 g/mol. The number of nitrogens with zero attached hydrogens (tertiary/aromatic N) is 1. The first-order chi connectivity index (χ1) is 19.1. The number of hydrogen-bond donors (Lipinski definition) is 1. The summed E-state index contributed by atoms with van der Waals surface area (Å²) in [6.07, 6.45) is 0. The Morgan fingerprint density at radius 2 is 1.60 bits per heavy atom. The number of likely N-dealkylation sites (tertiary alicyclic amines) is 1. The largest absolute Gasteiger partial charge is 0.872 e. The van der Waals surface area contributed by atoms with Crippen molar-refractivity contribution < 1.29 is 38.5 Å². The van der Waals surface area contributed by atoms with Gasteiger partial charge in [-0.25, -0.2) is 0 Å². The van der Waals surface area contributed by atoms with Crippen LogP contribution in [-0.4, -0.2) is 70.7 Å². The van der Waals surface area contributed by atoms with Gasteiger partial charge in [0, 0.05) is 5.57 Å². The maximum atomic E-state index is 14.0. The van der Waals surface area contributed by atoms with E-state index in [1.54, 1.807) is 30.3 Å². The van der Waals surface area contributed by atoms with Crippen molar-refractivity contribution >= 4 is 17.4 Å². The van der Waals surface area contributed by atoms with Gasteiger partial charge in [-0.2, -0.15) is 0 Å². The number of quaternary nitrogens is 1. The Morgan fingerprint density at radius 1 is 0.975 bits per heavy atom. The molecule has 2 aromatic carbocycles. The Morgan fingerprint density at radius 3 is 2.10 bits per heavy atom. The van der Waals surface area contributed by atoms with Crippen LogP contribution in [-0.2, 0) is 9.59 Å². The average Bonchev–Trinajstić information content (AvgIpc) is 3.20. The Hall–Kier alpha value is -3.72. The molecular weight excluding hydrogens is 512 g/mol. The van der Waals surface area contributed by atoms with Crippen LogP contribution in [0.1, 0.15) is 50.4 Å². The van der Waals surface area contributed by atoms with Gasteiger partial charge in [0.1, 0.15) is 5.75 Å². The highest BCUT2D eigenvalue weighted by Gasteiger charge is 2.45. The predicted octanol–water partition coefficient (Wildman–Crippen LogP) is 2.20. The summed E-state index contributed by atoms with van der Waals surface area (Å²) in [7, 11) is 4.49. The highest BCUT2D eigenvalue weighted by atomic mass is 16.5. The lowest BCUT2D eigenvalue weighted by Gasteiger charge is -2.29. The van der Waals surface area contributed by atoms with Gasteiger partial charge in [0.15, 0.2) is 11.5 Å². The molecule has 9 heteroatoms. The second-order valence-electron chi connectivity index (χ2n) is 10.3. The summed E-state index contributed by atoms with van der Waals surface area (Å²) < 4.78 is 22.4. The number of nitrogens with one attached hydrogen (secondary N) is 1. The standard InChI is InChI=1S/C31H42N2O7/c1-9-32(10-2)13-14-33-27(22-16-24(37-6)30(39-8)25(17-22)38-7)26(29(35)31(33)36)28(34)21-11-12-23(20(5)15-21)40-18-19(3)4/h11-12,15-17,19,27,34H,9-10,13-14,18H2,1-8H3/b28-26+. The van der Waals surface area contributed by atoms with Gasteiger partial charge in [-0.05, 0) is 67.6 Å². The molecule has 1 N–H and O–H groups in total. The van der Waals surface area contributed by atoms with Crippen molar-refractivity contribution in [2.45, 2.75) is 40.7 Å². The van der Waals surface area contributed by atoms with E-state index in [4.69, 9.17) is 18.9 Å². The Bertz CT molecular complexity index is 1230. The molecule has 1 heterocycles. The SMILES string of the molecule is CC[NH+](CC)CCN1C(=O)C(=O)/C(=C(/[O-])c2ccc(OCC(C)C)c(C)c2)C1c1cc(OC)c(OC)c(OC)c1. The maximum Gasteiger partial charge on any atom is 0.295 e. The molecule has 1 atom stereocenters. The molecular formula is C31H42N2O7. The zero-order valence-electron chi connectivity index (χ0n) is 24.9. The Kier molecular flexibility index (Phi) is 10.5. The van der Waals surface area contributed by atoms with Gasteiger partial charge in [-0.3, -0.25) is 9.59 Å². The number of hydrogen-bond acceptors (Lipinski definition) is 7. The lowest BCUT2D eigenvalue weighted by Crippen LogP contribution is -3.12. The summed E-state index contributed by atoms with van der Waals surface area (Å²) in [6, 6.07) is 7.56. The lowest BCUT2D eigenvalue weighted by molar-refractivity contribution is -0.895. The van der Waals surface area contributed by atoms with Crippen molar-refractivity contribution in [2.24, 2.45) is 5.92 Å². The highest BCUT2D eigenvalue weighted by molar-refractivity contribution is 6.46. The van der Waals surface area contributed by atoms with Gasteiger partial charge < -0.3 is 33.9 Å². The van der Waals surface area contributed by atoms with Crippen molar-refractivity contribution in [3.05, 3.63) is 52.6 Å². The summed E-state index contributed by atoms with van der Waals surface area (Å²) in [5.74, 6) is 0.158. The molecule has 218 valence electrons. The number of likely N-dealkylation sites (N-methyl/N-ethyl adjacent to an activating group) is 1. The predicted molar refractivity (Wildman–Crippen MR) is 151 cm³/mol. The molecule has 1 aliphatic rings. The van der Waals surface area contributed by atoms with Crippen LogP contribution < -0.4 is 29.0 Å². The second kappa shape index (κ2) is 13.6. The minimum Gasteiger partial charge on any atom is -0.872 e. The summed E-state index contributed by atoms with van der Waals surface area (Å²) in [6.45, 7) is 13.4. The quantitative estimate of drug-likeness (QED) is 0.230. The van der Waals surface area contributed by atoms with E-state index >= 15 is 0 Å². The number of rotatable bonds is 13. The Labute approximate surface area is 237 Å². The van der Waals surface area contributed by atoms with Crippen LogP contribution in [0.4, 0.5) is 0 Å². The van der Waals surface area contributed by atoms with Crippen LogP contribution in [0.2, 0.25) is 0 Å². The Balaban J connectivity index is 2.18. The van der Waals surface area contributed by atoms with E-state index in [2.05, 4.69) is 27.7 Å². The first kappa shape index (κ1) is 30.8. The highest BCUT2D eigenvalue weighted by Crippen LogP contribution is 2.45. The van der Waals surface area contributed by atoms with Gasteiger partial charge in [-0.1, -0.05) is 25.7 Å². The van der Waals surface area contributed by atoms with E-state index in [0.717, 1.165) is 18.7 Å². The van der Waals surface area contributed by atoms with E-state index in [-0.39, 0.29) is 5.57 Å². The van der Waals surface area contributed by atoms with Crippen LogP contribution in [0.5, 0.6) is 23.0 Å². The molecule has 3 rings (SSSR count). The minimum absolute atomic E-state index is 0.0935. The summed E-state index contributed by atoms with van der Waals surface area (Å²) >= 11 is 0. The van der Waals surface area contributed by atoms with Gasteiger partial charge in [0.2, 0.25) is 11.5 Å². The smallest absolute Gasteiger partial charge is 0.295 e. The molecule has 1 fully saturated rings. The van der Waals surface area contributed by atoms with Crippen molar-refractivity contribution in [1.82, 2.24) is 4.90 Å². The van der Waals surface area contributed by atoms with Gasteiger partial charge >= 0.3 is 0 Å². The molecule has 1 amide bonds. The normalized spacial score (nSPS) is 16.6. The summed E-state index contributed by atoms with van der Waals surface area (Å²) in [5, 5.41) is 14.0. The molecule has 40 heavy (non-hydrogen) atoms. The first-order valence-electron chi connectivity index (χ1n) is 13.7. The molecule has 1 unspecified atom stereocenters. The third kappa shape index (κ3) is 6.36. The second-order valence-corrected chi connectivity index (χ2v) is 10.3. The molecule has 0 radical (unpaired) electrons. The number of ether oxygens (including phenoxy) is 4. The minimum atomic E-state index is -0.909. The third-order valence-corrected chi connectivity index (χ3v) is 7.25. The zero-order valence-corrected chi connectivity index (χ0v) is 24.9. The molecule has 0 saturated carbocycles. The molecule has 0 aromatic heterocycles. The molecule has 9 nitrogen and oxygen atoms in total. The van der Waals surface area contributed by atoms with Crippen molar-refractivity contribution in [2.75, 3.05) is 54.1 Å². The van der Waals surface area contributed by atoms with Crippen molar-refractivity contribution in [1.29, 1.82) is 0 Å². The van der Waals surface area contributed by atoms with E-state index in [9.17, 15) is 14.7 Å². The molecule has 0 spiro atoms. The van der Waals surface area contributed by atoms with E-state index < -0.39 is 23.5 Å². The molecule has 1 aliphatic heterocycles. The fraction of sp³-hybridized carbons (Fsp3) is 0.484. The van der Waals surface area contributed by atoms with Crippen LogP contribution in [0.15, 0.2) is 35.9 Å². The van der Waals surface area contributed by atoms with Crippen LogP contribution in [0, 0.1) is 12.8 Å². The molecule has 2 aromatic rings. The molecule has 0 aliphatic carbocycles. The number of aryl methyl sites for hydroxylation is 1. The fourth-order valence-corrected chi connectivity index (χ4v) is 4.95. The summed E-state index contributed by atoms with van der Waals surface area (Å²) in [4.78, 5) is 29.7. The van der Waals surface area contributed by atoms with Crippen LogP contribution >= 0.6 is 0 Å². The van der Waals surface area contributed by atoms with E-state index in [0.29, 0.717) is 59.7 Å². The van der Waals surface area contributed by atoms with Crippen molar-refractivity contribution in [3.8, 4) is 23.0 Å².